The van der Waals surface area contributed by atoms with Gasteiger partial charge >= 0.3 is 5.97 Å². The summed E-state index contributed by atoms with van der Waals surface area (Å²) in [5, 5.41) is 11.8. The maximum atomic E-state index is 12.3. The fourth-order valence-corrected chi connectivity index (χ4v) is 3.67. The van der Waals surface area contributed by atoms with Crippen LogP contribution in [-0.2, 0) is 21.3 Å². The Morgan fingerprint density at radius 3 is 2.59 bits per heavy atom. The van der Waals surface area contributed by atoms with Gasteiger partial charge in [0.2, 0.25) is 10.0 Å². The molecule has 3 N–H and O–H groups in total. The molecule has 0 radical (unpaired) electrons. The number of nitrogens with zero attached hydrogens (tertiary/aromatic N) is 2. The molecule has 144 valence electrons. The predicted molar refractivity (Wildman–Crippen MR) is 96.9 cm³/mol. The van der Waals surface area contributed by atoms with Crippen LogP contribution in [0.15, 0.2) is 41.6 Å². The first-order chi connectivity index (χ1) is 12.9. The molecular formula is C17H20N4O5S. The fraction of sp³-hybridized carbons (Fsp3) is 0.353. The molecule has 2 heterocycles. The zero-order valence-corrected chi connectivity index (χ0v) is 15.3. The van der Waals surface area contributed by atoms with E-state index in [1.165, 1.54) is 24.5 Å². The molecule has 1 aromatic heterocycles. The minimum Gasteiger partial charge on any atom is -0.476 e. The number of sulfonamides is 1. The van der Waals surface area contributed by atoms with Crippen LogP contribution in [0.4, 0.5) is 5.82 Å². The topological polar surface area (TPSA) is 131 Å². The Balaban J connectivity index is 1.55. The second kappa shape index (κ2) is 8.42. The zero-order valence-electron chi connectivity index (χ0n) is 14.5. The van der Waals surface area contributed by atoms with E-state index in [9.17, 15) is 13.2 Å². The van der Waals surface area contributed by atoms with Gasteiger partial charge in [-0.1, -0.05) is 12.1 Å². The van der Waals surface area contributed by atoms with E-state index in [-0.39, 0.29) is 23.2 Å². The lowest BCUT2D eigenvalue weighted by Gasteiger charge is -2.12. The van der Waals surface area contributed by atoms with Crippen LogP contribution in [0.25, 0.3) is 0 Å². The molecule has 1 saturated heterocycles. The van der Waals surface area contributed by atoms with Gasteiger partial charge in [0.15, 0.2) is 5.69 Å². The van der Waals surface area contributed by atoms with Crippen LogP contribution >= 0.6 is 0 Å². The summed E-state index contributed by atoms with van der Waals surface area (Å²) in [6.45, 7) is 1.35. The Labute approximate surface area is 156 Å². The number of hydrogen-bond donors (Lipinski definition) is 3. The molecule has 0 spiro atoms. The maximum Gasteiger partial charge on any atom is 0.356 e. The molecule has 2 aromatic rings. The molecule has 0 bridgehead atoms. The summed E-state index contributed by atoms with van der Waals surface area (Å²) in [6.07, 6.45) is 4.26. The van der Waals surface area contributed by atoms with Crippen molar-refractivity contribution >= 4 is 21.8 Å². The van der Waals surface area contributed by atoms with E-state index >= 15 is 0 Å². The molecule has 27 heavy (non-hydrogen) atoms. The Hall–Kier alpha value is -2.56. The largest absolute Gasteiger partial charge is 0.476 e. The number of carboxylic acids is 1. The summed E-state index contributed by atoms with van der Waals surface area (Å²) in [5.74, 6) is -0.714. The third-order valence-corrected chi connectivity index (χ3v) is 5.54. The van der Waals surface area contributed by atoms with Gasteiger partial charge in [0.1, 0.15) is 5.82 Å². The fourth-order valence-electron chi connectivity index (χ4n) is 2.60. The molecule has 1 unspecified atom stereocenters. The Kier molecular flexibility index (Phi) is 5.99. The van der Waals surface area contributed by atoms with Crippen molar-refractivity contribution in [2.45, 2.75) is 30.4 Å². The maximum absolute atomic E-state index is 12.3. The van der Waals surface area contributed by atoms with E-state index in [0.717, 1.165) is 18.4 Å². The first-order valence-corrected chi connectivity index (χ1v) is 9.92. The Morgan fingerprint density at radius 1 is 1.22 bits per heavy atom. The number of rotatable bonds is 8. The molecule has 3 rings (SSSR count). The van der Waals surface area contributed by atoms with E-state index in [1.54, 1.807) is 12.1 Å². The number of carboxylic acid groups (broad SMARTS) is 1. The van der Waals surface area contributed by atoms with Gasteiger partial charge in [-0.15, -0.1) is 0 Å². The molecule has 1 aromatic carbocycles. The van der Waals surface area contributed by atoms with E-state index < -0.39 is 16.0 Å². The molecule has 1 atom stereocenters. The highest BCUT2D eigenvalue weighted by atomic mass is 32.2. The molecule has 0 amide bonds. The lowest BCUT2D eigenvalue weighted by atomic mass is 10.2. The van der Waals surface area contributed by atoms with Crippen LogP contribution in [0, 0.1) is 0 Å². The standard InChI is InChI=1S/C17H20N4O5S/c22-17(23)15-10-20-16(11-18-15)19-8-12-3-5-14(6-4-12)27(24,25)21-9-13-2-1-7-26-13/h3-6,10-11,13,21H,1-2,7-9H2,(H,19,20)(H,22,23). The summed E-state index contributed by atoms with van der Waals surface area (Å²) in [4.78, 5) is 18.7. The SMILES string of the molecule is O=C(O)c1cnc(NCc2ccc(S(=O)(=O)NCC3CCCO3)cc2)cn1. The number of aromatic carboxylic acids is 1. The molecule has 1 aliphatic heterocycles. The minimum absolute atomic E-state index is 0.0585. The second-order valence-electron chi connectivity index (χ2n) is 6.08. The molecule has 1 fully saturated rings. The minimum atomic E-state index is -3.57. The van der Waals surface area contributed by atoms with Crippen molar-refractivity contribution in [3.63, 3.8) is 0 Å². The van der Waals surface area contributed by atoms with Crippen molar-refractivity contribution in [1.82, 2.24) is 14.7 Å². The first kappa shape index (κ1) is 19.2. The number of aromatic nitrogens is 2. The van der Waals surface area contributed by atoms with Crippen molar-refractivity contribution in [2.75, 3.05) is 18.5 Å². The molecule has 9 nitrogen and oxygen atoms in total. The van der Waals surface area contributed by atoms with Gasteiger partial charge in [-0.2, -0.15) is 0 Å². The van der Waals surface area contributed by atoms with E-state index in [0.29, 0.717) is 19.0 Å². The quantitative estimate of drug-likeness (QED) is 0.612. The Bertz CT molecular complexity index is 879. The monoisotopic (exact) mass is 392 g/mol. The summed E-state index contributed by atoms with van der Waals surface area (Å²) >= 11 is 0. The van der Waals surface area contributed by atoms with Crippen LogP contribution in [0.3, 0.4) is 0 Å². The number of carbonyl (C=O) groups is 1. The van der Waals surface area contributed by atoms with Crippen molar-refractivity contribution < 1.29 is 23.1 Å². The highest BCUT2D eigenvalue weighted by Gasteiger charge is 2.20. The molecular weight excluding hydrogens is 372 g/mol. The summed E-state index contributed by atoms with van der Waals surface area (Å²) in [6, 6.07) is 6.47. The van der Waals surface area contributed by atoms with Gasteiger partial charge < -0.3 is 15.2 Å². The summed E-state index contributed by atoms with van der Waals surface area (Å²) in [7, 11) is -3.57. The van der Waals surface area contributed by atoms with Crippen molar-refractivity contribution in [3.8, 4) is 0 Å². The highest BCUT2D eigenvalue weighted by molar-refractivity contribution is 7.89. The number of nitrogens with one attached hydrogen (secondary N) is 2. The number of ether oxygens (including phenoxy) is 1. The normalized spacial score (nSPS) is 17.0. The van der Waals surface area contributed by atoms with Crippen LogP contribution in [0.1, 0.15) is 28.9 Å². The molecule has 1 aliphatic rings. The number of anilines is 1. The van der Waals surface area contributed by atoms with Gasteiger partial charge in [0.25, 0.3) is 0 Å². The Morgan fingerprint density at radius 2 is 2.00 bits per heavy atom. The van der Waals surface area contributed by atoms with Crippen molar-refractivity contribution in [2.24, 2.45) is 0 Å². The lowest BCUT2D eigenvalue weighted by molar-refractivity contribution is 0.0690. The van der Waals surface area contributed by atoms with Crippen LogP contribution < -0.4 is 10.0 Å². The van der Waals surface area contributed by atoms with E-state index in [4.69, 9.17) is 9.84 Å². The third-order valence-electron chi connectivity index (χ3n) is 4.10. The van der Waals surface area contributed by atoms with Gasteiger partial charge in [0, 0.05) is 19.7 Å². The smallest absolute Gasteiger partial charge is 0.356 e. The van der Waals surface area contributed by atoms with Crippen LogP contribution in [-0.4, -0.2) is 48.7 Å². The molecule has 10 heteroatoms. The van der Waals surface area contributed by atoms with Crippen LogP contribution in [0.2, 0.25) is 0 Å². The summed E-state index contributed by atoms with van der Waals surface area (Å²) in [5.41, 5.74) is 0.711. The average molecular weight is 392 g/mol. The van der Waals surface area contributed by atoms with Crippen LogP contribution in [0.5, 0.6) is 0 Å². The van der Waals surface area contributed by atoms with Crippen molar-refractivity contribution in [3.05, 3.63) is 47.9 Å². The highest BCUT2D eigenvalue weighted by Crippen LogP contribution is 2.14. The van der Waals surface area contributed by atoms with Gasteiger partial charge in [0.05, 0.1) is 23.4 Å². The molecule has 0 saturated carbocycles. The summed E-state index contributed by atoms with van der Waals surface area (Å²) < 4.78 is 32.6. The van der Waals surface area contributed by atoms with Gasteiger partial charge in [-0.3, -0.25) is 0 Å². The average Bonchev–Trinajstić information content (AvgIpc) is 3.19. The van der Waals surface area contributed by atoms with E-state index in [2.05, 4.69) is 20.0 Å². The van der Waals surface area contributed by atoms with Crippen molar-refractivity contribution in [1.29, 1.82) is 0 Å². The number of benzene rings is 1. The van der Waals surface area contributed by atoms with E-state index in [1.807, 2.05) is 0 Å². The van der Waals surface area contributed by atoms with Gasteiger partial charge in [-0.25, -0.2) is 27.9 Å². The third kappa shape index (κ3) is 5.22. The lowest BCUT2D eigenvalue weighted by Crippen LogP contribution is -2.31. The van der Waals surface area contributed by atoms with Gasteiger partial charge in [-0.05, 0) is 30.5 Å². The predicted octanol–water partition coefficient (Wildman–Crippen LogP) is 1.24. The second-order valence-corrected chi connectivity index (χ2v) is 7.84. The molecule has 0 aliphatic carbocycles. The first-order valence-electron chi connectivity index (χ1n) is 8.43. The zero-order chi connectivity index (χ0) is 19.3. The number of hydrogen-bond acceptors (Lipinski definition) is 7.